The van der Waals surface area contributed by atoms with Gasteiger partial charge in [0.1, 0.15) is 6.10 Å². The largest absolute Gasteiger partial charge is 0.481 e. The standard InChI is InChI=1S/C6H8O7.C3H6O3.ClH/c7-3(8)1-6(13,5(11)12)2-4(9)10;1-2(4)3(5)6;/h13H,1-2H2,(H,7,8)(H,9,10)(H,11,12);2,4H,1H3,(H,5,6);1H. The van der Waals surface area contributed by atoms with Gasteiger partial charge in [-0.2, -0.15) is 0 Å². The minimum Gasteiger partial charge on any atom is -0.481 e. The fourth-order valence-electron chi connectivity index (χ4n) is 0.714. The van der Waals surface area contributed by atoms with Crippen LogP contribution in [-0.2, 0) is 19.2 Å². The number of rotatable bonds is 6. The number of carbonyl (C=O) groups is 4. The first-order valence-corrected chi connectivity index (χ1v) is 4.72. The molecule has 0 radical (unpaired) electrons. The molecule has 0 aromatic carbocycles. The van der Waals surface area contributed by atoms with Crippen molar-refractivity contribution in [2.45, 2.75) is 31.5 Å². The first-order valence-electron chi connectivity index (χ1n) is 4.72. The second-order valence-electron chi connectivity index (χ2n) is 3.49. The highest BCUT2D eigenvalue weighted by molar-refractivity contribution is 5.88. The van der Waals surface area contributed by atoms with E-state index in [9.17, 15) is 19.2 Å². The van der Waals surface area contributed by atoms with E-state index in [0.29, 0.717) is 0 Å². The maximum atomic E-state index is 10.3. The second kappa shape index (κ2) is 9.95. The van der Waals surface area contributed by atoms with E-state index in [1.165, 1.54) is 6.92 Å². The van der Waals surface area contributed by atoms with Crippen molar-refractivity contribution in [3.8, 4) is 0 Å². The summed E-state index contributed by atoms with van der Waals surface area (Å²) in [5.74, 6) is -6.20. The summed E-state index contributed by atoms with van der Waals surface area (Å²) in [7, 11) is 0. The van der Waals surface area contributed by atoms with Crippen LogP contribution in [0.3, 0.4) is 0 Å². The van der Waals surface area contributed by atoms with Gasteiger partial charge in [-0.05, 0) is 6.92 Å². The third-order valence-electron chi connectivity index (χ3n) is 1.64. The van der Waals surface area contributed by atoms with Gasteiger partial charge in [0.15, 0.2) is 5.60 Å². The molecule has 0 heterocycles. The molecule has 0 aromatic rings. The zero-order chi connectivity index (χ0) is 15.8. The topological polar surface area (TPSA) is 190 Å². The maximum Gasteiger partial charge on any atom is 0.336 e. The number of aliphatic hydroxyl groups excluding tert-OH is 1. The summed E-state index contributed by atoms with van der Waals surface area (Å²) < 4.78 is 0. The molecule has 0 aromatic heterocycles. The van der Waals surface area contributed by atoms with Crippen molar-refractivity contribution in [2.75, 3.05) is 0 Å². The monoisotopic (exact) mass is 318 g/mol. The van der Waals surface area contributed by atoms with E-state index < -0.39 is 48.4 Å². The number of aliphatic hydroxyl groups is 2. The number of halogens is 1. The molecule has 0 amide bonds. The zero-order valence-electron chi connectivity index (χ0n) is 10.2. The van der Waals surface area contributed by atoms with Crippen LogP contribution in [0.2, 0.25) is 0 Å². The summed E-state index contributed by atoms with van der Waals surface area (Å²) in [6.07, 6.45) is -3.52. The minimum atomic E-state index is -2.74. The zero-order valence-corrected chi connectivity index (χ0v) is 11.0. The van der Waals surface area contributed by atoms with Crippen LogP contribution in [0.25, 0.3) is 0 Å². The van der Waals surface area contributed by atoms with Crippen LogP contribution in [0.5, 0.6) is 0 Å². The van der Waals surface area contributed by atoms with Crippen LogP contribution in [0.4, 0.5) is 0 Å². The molecule has 11 heteroatoms. The SMILES string of the molecule is CC(O)C(=O)O.Cl.O=C(O)CC(O)(CC(=O)O)C(=O)O. The van der Waals surface area contributed by atoms with Crippen molar-refractivity contribution in [1.82, 2.24) is 0 Å². The summed E-state index contributed by atoms with van der Waals surface area (Å²) in [4.78, 5) is 39.9. The highest BCUT2D eigenvalue weighted by Gasteiger charge is 2.40. The molecule has 0 saturated carbocycles. The Morgan fingerprint density at radius 3 is 1.30 bits per heavy atom. The van der Waals surface area contributed by atoms with Crippen molar-refractivity contribution in [3.05, 3.63) is 0 Å². The van der Waals surface area contributed by atoms with Crippen molar-refractivity contribution in [1.29, 1.82) is 0 Å². The van der Waals surface area contributed by atoms with Crippen LogP contribution in [0.15, 0.2) is 0 Å². The van der Waals surface area contributed by atoms with Crippen LogP contribution >= 0.6 is 12.4 Å². The van der Waals surface area contributed by atoms with Crippen molar-refractivity contribution < 1.29 is 49.8 Å². The van der Waals surface area contributed by atoms with Crippen molar-refractivity contribution in [3.63, 3.8) is 0 Å². The molecular weight excluding hydrogens is 304 g/mol. The van der Waals surface area contributed by atoms with E-state index >= 15 is 0 Å². The Bertz CT molecular complexity index is 348. The van der Waals surface area contributed by atoms with Gasteiger partial charge in [0.25, 0.3) is 0 Å². The normalized spacial score (nSPS) is 11.2. The third-order valence-corrected chi connectivity index (χ3v) is 1.64. The van der Waals surface area contributed by atoms with E-state index in [-0.39, 0.29) is 12.4 Å². The fourth-order valence-corrected chi connectivity index (χ4v) is 0.714. The van der Waals surface area contributed by atoms with Crippen LogP contribution in [0.1, 0.15) is 19.8 Å². The van der Waals surface area contributed by atoms with Gasteiger partial charge >= 0.3 is 23.9 Å². The number of hydrogen-bond acceptors (Lipinski definition) is 6. The first-order chi connectivity index (χ1) is 8.42. The molecule has 1 unspecified atom stereocenters. The highest BCUT2D eigenvalue weighted by Crippen LogP contribution is 2.15. The fraction of sp³-hybridized carbons (Fsp3) is 0.556. The first kappa shape index (κ1) is 23.2. The van der Waals surface area contributed by atoms with Gasteiger partial charge in [0.05, 0.1) is 12.8 Å². The second-order valence-corrected chi connectivity index (χ2v) is 3.49. The third kappa shape index (κ3) is 11.2. The molecular formula is C9H15ClO10. The van der Waals surface area contributed by atoms with Crippen LogP contribution in [0, 0.1) is 0 Å². The van der Waals surface area contributed by atoms with Gasteiger partial charge in [0, 0.05) is 0 Å². The van der Waals surface area contributed by atoms with E-state index in [0.717, 1.165) is 0 Å². The smallest absolute Gasteiger partial charge is 0.336 e. The molecule has 0 aliphatic heterocycles. The molecule has 1 atom stereocenters. The molecule has 10 nitrogen and oxygen atoms in total. The van der Waals surface area contributed by atoms with Gasteiger partial charge in [-0.1, -0.05) is 0 Å². The predicted octanol–water partition coefficient (Wildman–Crippen LogP) is -1.37. The quantitative estimate of drug-likeness (QED) is 0.340. The molecule has 0 bridgehead atoms. The molecule has 6 N–H and O–H groups in total. The lowest BCUT2D eigenvalue weighted by atomic mass is 9.96. The summed E-state index contributed by atoms with van der Waals surface area (Å²) in [6.45, 7) is 1.20. The molecule has 0 aliphatic rings. The summed E-state index contributed by atoms with van der Waals surface area (Å²) >= 11 is 0. The lowest BCUT2D eigenvalue weighted by Crippen LogP contribution is -2.42. The highest BCUT2D eigenvalue weighted by atomic mass is 35.5. The van der Waals surface area contributed by atoms with E-state index in [1.54, 1.807) is 0 Å². The van der Waals surface area contributed by atoms with Gasteiger partial charge in [-0.15, -0.1) is 12.4 Å². The van der Waals surface area contributed by atoms with Crippen molar-refractivity contribution >= 4 is 36.3 Å². The molecule has 0 fully saturated rings. The molecule has 0 rings (SSSR count). The lowest BCUT2D eigenvalue weighted by Gasteiger charge is -2.18. The average Bonchev–Trinajstić information content (AvgIpc) is 2.14. The number of aliphatic carboxylic acids is 4. The Morgan fingerprint density at radius 2 is 1.20 bits per heavy atom. The Balaban J connectivity index is -0.000000352. The molecule has 20 heavy (non-hydrogen) atoms. The summed E-state index contributed by atoms with van der Waals surface area (Å²) in [6, 6.07) is 0. The Labute approximate surface area is 118 Å². The van der Waals surface area contributed by atoms with Gasteiger partial charge in [-0.25, -0.2) is 9.59 Å². The molecule has 0 saturated heterocycles. The van der Waals surface area contributed by atoms with E-state index in [2.05, 4.69) is 0 Å². The van der Waals surface area contributed by atoms with Crippen LogP contribution in [-0.4, -0.2) is 66.2 Å². The van der Waals surface area contributed by atoms with Crippen LogP contribution < -0.4 is 0 Å². The lowest BCUT2D eigenvalue weighted by molar-refractivity contribution is -0.170. The molecule has 118 valence electrons. The minimum absolute atomic E-state index is 0. The predicted molar refractivity (Wildman–Crippen MR) is 63.7 cm³/mol. The van der Waals surface area contributed by atoms with E-state index in [4.69, 9.17) is 30.6 Å². The maximum absolute atomic E-state index is 10.3. The number of carboxylic acids is 4. The summed E-state index contributed by atoms with van der Waals surface area (Å²) in [5, 5.41) is 49.6. The van der Waals surface area contributed by atoms with Gasteiger partial charge in [-0.3, -0.25) is 9.59 Å². The van der Waals surface area contributed by atoms with E-state index in [1.807, 2.05) is 0 Å². The average molecular weight is 319 g/mol. The summed E-state index contributed by atoms with van der Waals surface area (Å²) in [5.41, 5.74) is -2.74. The Hall–Kier alpha value is -1.91. The number of hydrogen-bond donors (Lipinski definition) is 6. The van der Waals surface area contributed by atoms with Gasteiger partial charge < -0.3 is 30.6 Å². The number of carboxylic acid groups (broad SMARTS) is 4. The molecule has 0 spiro atoms. The van der Waals surface area contributed by atoms with Crippen molar-refractivity contribution in [2.24, 2.45) is 0 Å². The Morgan fingerprint density at radius 1 is 0.950 bits per heavy atom. The molecule has 0 aliphatic carbocycles. The van der Waals surface area contributed by atoms with Gasteiger partial charge in [0.2, 0.25) is 0 Å². The Kier molecular flexibility index (Phi) is 11.5.